The summed E-state index contributed by atoms with van der Waals surface area (Å²) >= 11 is 3.37. The average molecular weight is 327 g/mol. The van der Waals surface area contributed by atoms with Gasteiger partial charge in [-0.05, 0) is 32.0 Å². The van der Waals surface area contributed by atoms with Gasteiger partial charge >= 0.3 is 0 Å². The van der Waals surface area contributed by atoms with Crippen molar-refractivity contribution in [1.82, 2.24) is 0 Å². The number of nitriles is 1. The van der Waals surface area contributed by atoms with Crippen LogP contribution in [0.4, 0.5) is 5.69 Å². The van der Waals surface area contributed by atoms with Crippen LogP contribution in [-0.4, -0.2) is 27.8 Å². The fraction of sp³-hybridized carbons (Fsp3) is 0.462. The highest BCUT2D eigenvalue weighted by atomic mass is 79.9. The largest absolute Gasteiger partial charge is 0.368 e. The van der Waals surface area contributed by atoms with Gasteiger partial charge in [0, 0.05) is 34.1 Å². The molecule has 0 aromatic heterocycles. The summed E-state index contributed by atoms with van der Waals surface area (Å²) in [6.45, 7) is 5.49. The Morgan fingerprint density at radius 3 is 2.83 bits per heavy atom. The predicted octanol–water partition coefficient (Wildman–Crippen LogP) is 2.67. The molecule has 1 aromatic carbocycles. The maximum Gasteiger partial charge on any atom is 0.101 e. The van der Waals surface area contributed by atoms with Crippen LogP contribution in [0.15, 0.2) is 22.7 Å². The van der Waals surface area contributed by atoms with E-state index in [-0.39, 0.29) is 4.75 Å². The molecule has 96 valence electrons. The second-order valence-corrected chi connectivity index (χ2v) is 8.12. The first kappa shape index (κ1) is 13.6. The maximum atomic E-state index is 11.9. The summed E-state index contributed by atoms with van der Waals surface area (Å²) in [5.41, 5.74) is 1.60. The lowest BCUT2D eigenvalue weighted by Crippen LogP contribution is -2.50. The predicted molar refractivity (Wildman–Crippen MR) is 78.2 cm³/mol. The molecular weight excluding hydrogens is 312 g/mol. The van der Waals surface area contributed by atoms with Crippen molar-refractivity contribution in [3.8, 4) is 6.07 Å². The maximum absolute atomic E-state index is 11.9. The average Bonchev–Trinajstić information content (AvgIpc) is 2.32. The molecule has 0 unspecified atom stereocenters. The van der Waals surface area contributed by atoms with Gasteiger partial charge in [-0.3, -0.25) is 4.21 Å². The van der Waals surface area contributed by atoms with Crippen molar-refractivity contribution in [3.63, 3.8) is 0 Å². The lowest BCUT2D eigenvalue weighted by molar-refractivity contribution is 0.589. The fourth-order valence-electron chi connectivity index (χ4n) is 2.16. The Labute approximate surface area is 118 Å². The van der Waals surface area contributed by atoms with Gasteiger partial charge in [0.2, 0.25) is 0 Å². The summed E-state index contributed by atoms with van der Waals surface area (Å²) < 4.78 is 12.6. The van der Waals surface area contributed by atoms with E-state index in [4.69, 9.17) is 0 Å². The van der Waals surface area contributed by atoms with Crippen molar-refractivity contribution in [2.75, 3.05) is 23.7 Å². The van der Waals surface area contributed by atoms with E-state index >= 15 is 0 Å². The molecule has 0 amide bonds. The van der Waals surface area contributed by atoms with Crippen molar-refractivity contribution in [1.29, 1.82) is 5.26 Å². The number of anilines is 1. The van der Waals surface area contributed by atoms with Gasteiger partial charge in [0.15, 0.2) is 0 Å². The molecule has 0 saturated carbocycles. The van der Waals surface area contributed by atoms with Crippen LogP contribution in [0.25, 0.3) is 0 Å². The molecular formula is C13H15BrN2OS. The molecule has 1 heterocycles. The van der Waals surface area contributed by atoms with Gasteiger partial charge in [0.05, 0.1) is 16.0 Å². The highest BCUT2D eigenvalue weighted by Crippen LogP contribution is 2.29. The Morgan fingerprint density at radius 2 is 2.22 bits per heavy atom. The molecule has 1 fully saturated rings. The van der Waals surface area contributed by atoms with Crippen LogP contribution in [0.3, 0.4) is 0 Å². The van der Waals surface area contributed by atoms with E-state index in [1.165, 1.54) is 0 Å². The summed E-state index contributed by atoms with van der Waals surface area (Å²) in [6.07, 6.45) is 0. The lowest BCUT2D eigenvalue weighted by Gasteiger charge is -2.39. The SMILES string of the molecule is CC1(C)CN(c2ccc(Br)cc2C#N)CC[S@]1=O. The van der Waals surface area contributed by atoms with Crippen LogP contribution in [-0.2, 0) is 10.8 Å². The van der Waals surface area contributed by atoms with E-state index in [1.54, 1.807) is 0 Å². The van der Waals surface area contributed by atoms with E-state index in [9.17, 15) is 9.47 Å². The van der Waals surface area contributed by atoms with Crippen molar-refractivity contribution >= 4 is 32.4 Å². The van der Waals surface area contributed by atoms with E-state index < -0.39 is 10.8 Å². The quantitative estimate of drug-likeness (QED) is 0.796. The number of hydrogen-bond acceptors (Lipinski definition) is 3. The van der Waals surface area contributed by atoms with Crippen LogP contribution < -0.4 is 4.90 Å². The molecule has 5 heteroatoms. The molecule has 0 N–H and O–H groups in total. The van der Waals surface area contributed by atoms with Gasteiger partial charge in [-0.2, -0.15) is 5.26 Å². The highest BCUT2D eigenvalue weighted by Gasteiger charge is 2.33. The molecule has 0 aliphatic carbocycles. The number of nitrogens with zero attached hydrogens (tertiary/aromatic N) is 2. The van der Waals surface area contributed by atoms with Crippen LogP contribution in [0, 0.1) is 11.3 Å². The smallest absolute Gasteiger partial charge is 0.101 e. The molecule has 0 radical (unpaired) electrons. The Balaban J connectivity index is 2.34. The third-order valence-corrected chi connectivity index (χ3v) is 5.56. The zero-order valence-electron chi connectivity index (χ0n) is 10.4. The normalized spacial score (nSPS) is 22.6. The van der Waals surface area contributed by atoms with Gasteiger partial charge < -0.3 is 4.90 Å². The molecule has 0 spiro atoms. The van der Waals surface area contributed by atoms with Crippen molar-refractivity contribution in [2.45, 2.75) is 18.6 Å². The summed E-state index contributed by atoms with van der Waals surface area (Å²) in [6, 6.07) is 7.94. The molecule has 1 atom stereocenters. The molecule has 1 aromatic rings. The van der Waals surface area contributed by atoms with E-state index in [0.29, 0.717) is 11.3 Å². The van der Waals surface area contributed by atoms with Gasteiger partial charge in [-0.25, -0.2) is 0 Å². The summed E-state index contributed by atoms with van der Waals surface area (Å²) in [5, 5.41) is 9.20. The van der Waals surface area contributed by atoms with E-state index in [2.05, 4.69) is 26.9 Å². The first-order valence-corrected chi connectivity index (χ1v) is 7.88. The molecule has 1 aliphatic heterocycles. The van der Waals surface area contributed by atoms with Crippen LogP contribution >= 0.6 is 15.9 Å². The topological polar surface area (TPSA) is 44.1 Å². The van der Waals surface area contributed by atoms with Gasteiger partial charge in [0.25, 0.3) is 0 Å². The minimum Gasteiger partial charge on any atom is -0.368 e. The second-order valence-electron chi connectivity index (χ2n) is 5.00. The molecule has 0 bridgehead atoms. The van der Waals surface area contributed by atoms with Gasteiger partial charge in [-0.1, -0.05) is 15.9 Å². The minimum absolute atomic E-state index is 0.224. The first-order valence-electron chi connectivity index (χ1n) is 5.77. The second kappa shape index (κ2) is 5.02. The zero-order chi connectivity index (χ0) is 13.3. The van der Waals surface area contributed by atoms with E-state index in [1.807, 2.05) is 32.0 Å². The number of rotatable bonds is 1. The van der Waals surface area contributed by atoms with Crippen LogP contribution in [0.1, 0.15) is 19.4 Å². The monoisotopic (exact) mass is 326 g/mol. The minimum atomic E-state index is -0.792. The molecule has 18 heavy (non-hydrogen) atoms. The number of benzene rings is 1. The molecule has 1 aliphatic rings. The Hall–Kier alpha value is -0.860. The standard InChI is InChI=1S/C13H15BrN2OS/c1-13(2)9-16(5-6-18(13)17)12-4-3-11(14)7-10(12)8-15/h3-4,7H,5-6,9H2,1-2H3/t18-/m1/s1. The summed E-state index contributed by atoms with van der Waals surface area (Å²) in [7, 11) is -0.792. The van der Waals surface area contributed by atoms with Gasteiger partial charge in [-0.15, -0.1) is 0 Å². The number of halogens is 1. The first-order chi connectivity index (χ1) is 8.44. The highest BCUT2D eigenvalue weighted by molar-refractivity contribution is 9.10. The molecule has 2 rings (SSSR count). The zero-order valence-corrected chi connectivity index (χ0v) is 12.8. The van der Waals surface area contributed by atoms with E-state index in [0.717, 1.165) is 23.2 Å². The van der Waals surface area contributed by atoms with Crippen molar-refractivity contribution in [2.24, 2.45) is 0 Å². The van der Waals surface area contributed by atoms with Gasteiger partial charge in [0.1, 0.15) is 6.07 Å². The molecule has 3 nitrogen and oxygen atoms in total. The third kappa shape index (κ3) is 2.60. The van der Waals surface area contributed by atoms with Crippen molar-refractivity contribution in [3.05, 3.63) is 28.2 Å². The third-order valence-electron chi connectivity index (χ3n) is 3.15. The Bertz CT molecular complexity index is 536. The van der Waals surface area contributed by atoms with Crippen LogP contribution in [0.2, 0.25) is 0 Å². The summed E-state index contributed by atoms with van der Waals surface area (Å²) in [4.78, 5) is 2.16. The number of hydrogen-bond donors (Lipinski definition) is 0. The Morgan fingerprint density at radius 1 is 1.50 bits per heavy atom. The lowest BCUT2D eigenvalue weighted by atomic mass is 10.1. The molecule has 1 saturated heterocycles. The summed E-state index contributed by atoms with van der Waals surface area (Å²) in [5.74, 6) is 0.661. The Kier molecular flexibility index (Phi) is 3.79. The van der Waals surface area contributed by atoms with Crippen LogP contribution in [0.5, 0.6) is 0 Å². The van der Waals surface area contributed by atoms with Crippen molar-refractivity contribution < 1.29 is 4.21 Å². The fourth-order valence-corrected chi connectivity index (χ4v) is 3.76.